The molecule has 1 unspecified atom stereocenters. The Balaban J connectivity index is 1.75. The zero-order valence-electron chi connectivity index (χ0n) is 14.6. The fraction of sp³-hybridized carbons (Fsp3) is 0.211. The maximum absolute atomic E-state index is 12.0. The van der Waals surface area contributed by atoms with Gasteiger partial charge in [-0.3, -0.25) is 14.4 Å². The van der Waals surface area contributed by atoms with Crippen LogP contribution in [0.3, 0.4) is 0 Å². The van der Waals surface area contributed by atoms with Gasteiger partial charge in [0.25, 0.3) is 5.91 Å². The lowest BCUT2D eigenvalue weighted by molar-refractivity contribution is -0.124. The Morgan fingerprint density at radius 2 is 1.70 bits per heavy atom. The average Bonchev–Trinajstić information content (AvgIpc) is 2.63. The van der Waals surface area contributed by atoms with Gasteiger partial charge in [-0.15, -0.1) is 0 Å². The molecule has 0 bridgehead atoms. The molecule has 0 saturated heterocycles. The standard InChI is InChI=1S/C19H19Cl2N3O3/c1-12(23-19(27)13-5-3-2-4-6-13)9-17(25)22-11-18(26)24-16-10-14(20)7-8-15(16)21/h2-8,10,12H,9,11H2,1H3,(H,22,25)(H,23,27)(H,24,26). The molecule has 3 N–H and O–H groups in total. The summed E-state index contributed by atoms with van der Waals surface area (Å²) in [5, 5.41) is 8.59. The van der Waals surface area contributed by atoms with Crippen molar-refractivity contribution >= 4 is 46.6 Å². The maximum Gasteiger partial charge on any atom is 0.251 e. The van der Waals surface area contributed by atoms with Gasteiger partial charge < -0.3 is 16.0 Å². The molecule has 8 heteroatoms. The molecule has 0 saturated carbocycles. The first kappa shape index (κ1) is 20.7. The largest absolute Gasteiger partial charge is 0.349 e. The molecule has 3 amide bonds. The van der Waals surface area contributed by atoms with E-state index in [9.17, 15) is 14.4 Å². The normalized spacial score (nSPS) is 11.4. The highest BCUT2D eigenvalue weighted by molar-refractivity contribution is 6.35. The van der Waals surface area contributed by atoms with Gasteiger partial charge in [0.1, 0.15) is 0 Å². The Kier molecular flexibility index (Phi) is 7.64. The SMILES string of the molecule is CC(CC(=O)NCC(=O)Nc1cc(Cl)ccc1Cl)NC(=O)c1ccccc1. The van der Waals surface area contributed by atoms with Gasteiger partial charge in [-0.1, -0.05) is 41.4 Å². The monoisotopic (exact) mass is 407 g/mol. The number of halogens is 2. The zero-order valence-corrected chi connectivity index (χ0v) is 16.1. The summed E-state index contributed by atoms with van der Waals surface area (Å²) in [6.07, 6.45) is 0.0454. The minimum absolute atomic E-state index is 0.0454. The number of anilines is 1. The number of carbonyl (C=O) groups is 3. The summed E-state index contributed by atoms with van der Waals surface area (Å²) >= 11 is 11.8. The molecule has 0 aromatic heterocycles. The molecule has 2 rings (SSSR count). The van der Waals surface area contributed by atoms with Crippen molar-refractivity contribution in [2.45, 2.75) is 19.4 Å². The van der Waals surface area contributed by atoms with Crippen molar-refractivity contribution in [3.63, 3.8) is 0 Å². The van der Waals surface area contributed by atoms with Crippen LogP contribution in [0.2, 0.25) is 10.0 Å². The quantitative estimate of drug-likeness (QED) is 0.657. The molecule has 0 aliphatic rings. The molecule has 0 aliphatic carbocycles. The van der Waals surface area contributed by atoms with E-state index in [2.05, 4.69) is 16.0 Å². The molecular weight excluding hydrogens is 389 g/mol. The molecule has 0 fully saturated rings. The van der Waals surface area contributed by atoms with Crippen molar-refractivity contribution in [2.75, 3.05) is 11.9 Å². The second-order valence-corrected chi connectivity index (χ2v) is 6.74. The Hall–Kier alpha value is -2.57. The Labute approximate surface area is 167 Å². The second kappa shape index (κ2) is 9.94. The minimum Gasteiger partial charge on any atom is -0.349 e. The lowest BCUT2D eigenvalue weighted by atomic mass is 10.1. The first-order valence-corrected chi connectivity index (χ1v) is 8.98. The maximum atomic E-state index is 12.0. The van der Waals surface area contributed by atoms with Crippen LogP contribution in [0.25, 0.3) is 0 Å². The van der Waals surface area contributed by atoms with E-state index < -0.39 is 5.91 Å². The van der Waals surface area contributed by atoms with E-state index in [4.69, 9.17) is 23.2 Å². The van der Waals surface area contributed by atoms with Crippen LogP contribution in [-0.2, 0) is 9.59 Å². The van der Waals surface area contributed by atoms with Crippen molar-refractivity contribution in [1.82, 2.24) is 10.6 Å². The van der Waals surface area contributed by atoms with E-state index in [0.29, 0.717) is 21.3 Å². The van der Waals surface area contributed by atoms with Crippen LogP contribution in [0.5, 0.6) is 0 Å². The van der Waals surface area contributed by atoms with Crippen molar-refractivity contribution < 1.29 is 14.4 Å². The number of nitrogens with one attached hydrogen (secondary N) is 3. The van der Waals surface area contributed by atoms with Crippen molar-refractivity contribution in [1.29, 1.82) is 0 Å². The molecule has 0 aliphatic heterocycles. The highest BCUT2D eigenvalue weighted by Gasteiger charge is 2.14. The molecule has 0 radical (unpaired) electrons. The summed E-state index contributed by atoms with van der Waals surface area (Å²) in [7, 11) is 0. The number of benzene rings is 2. The Morgan fingerprint density at radius 1 is 1.00 bits per heavy atom. The minimum atomic E-state index is -0.437. The number of hydrogen-bond donors (Lipinski definition) is 3. The third-order valence-electron chi connectivity index (χ3n) is 3.55. The first-order chi connectivity index (χ1) is 12.8. The first-order valence-electron chi connectivity index (χ1n) is 8.22. The molecular formula is C19H19Cl2N3O3. The van der Waals surface area contributed by atoms with E-state index in [-0.39, 0.29) is 30.8 Å². The fourth-order valence-corrected chi connectivity index (χ4v) is 2.60. The summed E-state index contributed by atoms with van der Waals surface area (Å²) < 4.78 is 0. The van der Waals surface area contributed by atoms with Gasteiger partial charge in [-0.25, -0.2) is 0 Å². The predicted octanol–water partition coefficient (Wildman–Crippen LogP) is 3.26. The number of carbonyl (C=O) groups excluding carboxylic acids is 3. The highest BCUT2D eigenvalue weighted by atomic mass is 35.5. The van der Waals surface area contributed by atoms with Crippen LogP contribution in [0.1, 0.15) is 23.7 Å². The van der Waals surface area contributed by atoms with Gasteiger partial charge in [-0.2, -0.15) is 0 Å². The summed E-state index contributed by atoms with van der Waals surface area (Å²) in [6, 6.07) is 13.0. The predicted molar refractivity (Wildman–Crippen MR) is 106 cm³/mol. The fourth-order valence-electron chi connectivity index (χ4n) is 2.26. The van der Waals surface area contributed by atoms with E-state index in [1.54, 1.807) is 43.3 Å². The van der Waals surface area contributed by atoms with Crippen molar-refractivity contribution in [3.05, 3.63) is 64.1 Å². The number of rotatable bonds is 7. The van der Waals surface area contributed by atoms with E-state index in [1.807, 2.05) is 6.07 Å². The third-order valence-corrected chi connectivity index (χ3v) is 4.12. The smallest absolute Gasteiger partial charge is 0.251 e. The molecule has 2 aromatic carbocycles. The number of hydrogen-bond acceptors (Lipinski definition) is 3. The van der Waals surface area contributed by atoms with Crippen LogP contribution in [0.4, 0.5) is 5.69 Å². The molecule has 6 nitrogen and oxygen atoms in total. The molecule has 0 heterocycles. The van der Waals surface area contributed by atoms with Crippen LogP contribution in [-0.4, -0.2) is 30.3 Å². The lowest BCUT2D eigenvalue weighted by Crippen LogP contribution is -2.39. The summed E-state index contributed by atoms with van der Waals surface area (Å²) in [5.41, 5.74) is 0.884. The topological polar surface area (TPSA) is 87.3 Å². The Bertz CT molecular complexity index is 828. The van der Waals surface area contributed by atoms with Crippen molar-refractivity contribution in [2.24, 2.45) is 0 Å². The molecule has 1 atom stereocenters. The Morgan fingerprint density at radius 3 is 2.41 bits per heavy atom. The van der Waals surface area contributed by atoms with E-state index >= 15 is 0 Å². The molecule has 0 spiro atoms. The second-order valence-electron chi connectivity index (χ2n) is 5.89. The van der Waals surface area contributed by atoms with Crippen LogP contribution >= 0.6 is 23.2 Å². The summed E-state index contributed by atoms with van der Waals surface area (Å²) in [6.45, 7) is 1.49. The summed E-state index contributed by atoms with van der Waals surface area (Å²) in [4.78, 5) is 35.9. The number of amides is 3. The zero-order chi connectivity index (χ0) is 19.8. The van der Waals surface area contributed by atoms with Gasteiger partial charge in [0, 0.05) is 23.0 Å². The van der Waals surface area contributed by atoms with Crippen molar-refractivity contribution in [3.8, 4) is 0 Å². The van der Waals surface area contributed by atoms with Gasteiger partial charge >= 0.3 is 0 Å². The highest BCUT2D eigenvalue weighted by Crippen LogP contribution is 2.25. The van der Waals surface area contributed by atoms with Gasteiger partial charge in [0.2, 0.25) is 11.8 Å². The van der Waals surface area contributed by atoms with Gasteiger partial charge in [0.05, 0.1) is 17.3 Å². The van der Waals surface area contributed by atoms with E-state index in [1.165, 1.54) is 6.07 Å². The van der Waals surface area contributed by atoms with Gasteiger partial charge in [-0.05, 0) is 37.3 Å². The molecule has 2 aromatic rings. The van der Waals surface area contributed by atoms with Crippen LogP contribution in [0, 0.1) is 0 Å². The lowest BCUT2D eigenvalue weighted by Gasteiger charge is -2.14. The molecule has 142 valence electrons. The van der Waals surface area contributed by atoms with Gasteiger partial charge in [0.15, 0.2) is 0 Å². The van der Waals surface area contributed by atoms with Crippen LogP contribution in [0.15, 0.2) is 48.5 Å². The molecule has 27 heavy (non-hydrogen) atoms. The average molecular weight is 408 g/mol. The van der Waals surface area contributed by atoms with E-state index in [0.717, 1.165) is 0 Å². The van der Waals surface area contributed by atoms with Crippen LogP contribution < -0.4 is 16.0 Å². The summed E-state index contributed by atoms with van der Waals surface area (Å²) in [5.74, 6) is -1.05. The third kappa shape index (κ3) is 6.92.